The van der Waals surface area contributed by atoms with Crippen molar-refractivity contribution < 1.29 is 4.84 Å². The fourth-order valence-electron chi connectivity index (χ4n) is 3.23. The lowest BCUT2D eigenvalue weighted by atomic mass is 10.0. The molecule has 2 aromatic carbocycles. The molecule has 0 saturated carbocycles. The van der Waals surface area contributed by atoms with Gasteiger partial charge in [-0.2, -0.15) is 0 Å². The van der Waals surface area contributed by atoms with Gasteiger partial charge in [0.2, 0.25) is 0 Å². The van der Waals surface area contributed by atoms with Crippen molar-refractivity contribution in [3.05, 3.63) is 80.6 Å². The number of halogens is 1. The molecular formula is C20H17BrN2O2. The quantitative estimate of drug-likeness (QED) is 0.663. The fraction of sp³-hybridized carbons (Fsp3) is 0.200. The molecule has 5 heteroatoms. The number of hydrogen-bond acceptors (Lipinski definition) is 3. The number of aryl methyl sites for hydroxylation is 1. The summed E-state index contributed by atoms with van der Waals surface area (Å²) in [6, 6.07) is 17.7. The van der Waals surface area contributed by atoms with Gasteiger partial charge >= 0.3 is 0 Å². The molecule has 1 atom stereocenters. The molecule has 1 aliphatic rings. The summed E-state index contributed by atoms with van der Waals surface area (Å²) < 4.78 is 2.82. The monoisotopic (exact) mass is 396 g/mol. The van der Waals surface area contributed by atoms with Gasteiger partial charge in [-0.15, -0.1) is 0 Å². The SMILES string of the molecule is Cc1cc(=O)n(C[C@H]2CC(c3ccc(Br)cc3)=NO2)c2ccccc12. The van der Waals surface area contributed by atoms with Gasteiger partial charge in [-0.1, -0.05) is 51.4 Å². The predicted octanol–water partition coefficient (Wildman–Crippen LogP) is 4.27. The molecule has 0 bridgehead atoms. The third-order valence-electron chi connectivity index (χ3n) is 4.52. The van der Waals surface area contributed by atoms with Crippen molar-refractivity contribution in [3.63, 3.8) is 0 Å². The zero-order valence-corrected chi connectivity index (χ0v) is 15.4. The second kappa shape index (κ2) is 6.48. The Hall–Kier alpha value is -2.40. The van der Waals surface area contributed by atoms with Crippen LogP contribution >= 0.6 is 15.9 Å². The molecule has 1 aromatic heterocycles. The van der Waals surface area contributed by atoms with Gasteiger partial charge in [-0.25, -0.2) is 0 Å². The third kappa shape index (κ3) is 3.12. The Morgan fingerprint density at radius 3 is 2.76 bits per heavy atom. The Bertz CT molecular complexity index is 1020. The molecule has 25 heavy (non-hydrogen) atoms. The number of hydrogen-bond donors (Lipinski definition) is 0. The van der Waals surface area contributed by atoms with Gasteiger partial charge in [0.15, 0.2) is 6.10 Å². The Morgan fingerprint density at radius 1 is 1.20 bits per heavy atom. The van der Waals surface area contributed by atoms with Crippen molar-refractivity contribution >= 4 is 32.5 Å². The Morgan fingerprint density at radius 2 is 1.96 bits per heavy atom. The first-order chi connectivity index (χ1) is 12.1. The van der Waals surface area contributed by atoms with E-state index in [4.69, 9.17) is 4.84 Å². The number of fused-ring (bicyclic) bond motifs is 1. The Kier molecular flexibility index (Phi) is 4.17. The van der Waals surface area contributed by atoms with Gasteiger partial charge in [0.05, 0.1) is 17.8 Å². The zero-order chi connectivity index (χ0) is 17.4. The zero-order valence-electron chi connectivity index (χ0n) is 13.8. The minimum atomic E-state index is -0.137. The minimum absolute atomic E-state index is 0.00288. The van der Waals surface area contributed by atoms with Crippen molar-refractivity contribution in [2.45, 2.75) is 26.0 Å². The molecule has 4 rings (SSSR count). The maximum Gasteiger partial charge on any atom is 0.251 e. The van der Waals surface area contributed by atoms with E-state index in [1.54, 1.807) is 10.6 Å². The van der Waals surface area contributed by atoms with E-state index in [2.05, 4.69) is 21.1 Å². The van der Waals surface area contributed by atoms with Gasteiger partial charge in [-0.05, 0) is 36.2 Å². The van der Waals surface area contributed by atoms with Crippen molar-refractivity contribution in [3.8, 4) is 0 Å². The van der Waals surface area contributed by atoms with Gasteiger partial charge < -0.3 is 9.40 Å². The summed E-state index contributed by atoms with van der Waals surface area (Å²) in [4.78, 5) is 18.1. The minimum Gasteiger partial charge on any atom is -0.390 e. The van der Waals surface area contributed by atoms with Gasteiger partial charge in [0, 0.05) is 22.3 Å². The van der Waals surface area contributed by atoms with Crippen molar-refractivity contribution in [1.82, 2.24) is 4.57 Å². The number of oxime groups is 1. The molecule has 0 amide bonds. The normalized spacial score (nSPS) is 16.7. The smallest absolute Gasteiger partial charge is 0.251 e. The maximum absolute atomic E-state index is 12.5. The molecule has 0 aliphatic carbocycles. The first-order valence-corrected chi connectivity index (χ1v) is 8.99. The number of pyridine rings is 1. The van der Waals surface area contributed by atoms with Gasteiger partial charge in [0.25, 0.3) is 5.56 Å². The van der Waals surface area contributed by atoms with Crippen molar-refractivity contribution in [2.75, 3.05) is 0 Å². The highest BCUT2D eigenvalue weighted by molar-refractivity contribution is 9.10. The Balaban J connectivity index is 1.60. The van der Waals surface area contributed by atoms with Crippen LogP contribution in [-0.4, -0.2) is 16.4 Å². The van der Waals surface area contributed by atoms with Crippen LogP contribution in [-0.2, 0) is 11.4 Å². The van der Waals surface area contributed by atoms with Gasteiger partial charge in [0.1, 0.15) is 0 Å². The first kappa shape index (κ1) is 16.1. The predicted molar refractivity (Wildman–Crippen MR) is 103 cm³/mol. The van der Waals surface area contributed by atoms with E-state index in [0.29, 0.717) is 13.0 Å². The first-order valence-electron chi connectivity index (χ1n) is 8.19. The maximum atomic E-state index is 12.5. The van der Waals surface area contributed by atoms with Crippen LogP contribution in [0.5, 0.6) is 0 Å². The number of aromatic nitrogens is 1. The number of rotatable bonds is 3. The second-order valence-electron chi connectivity index (χ2n) is 6.27. The van der Waals surface area contributed by atoms with E-state index in [1.165, 1.54) is 0 Å². The van der Waals surface area contributed by atoms with E-state index in [0.717, 1.165) is 32.2 Å². The second-order valence-corrected chi connectivity index (χ2v) is 7.19. The van der Waals surface area contributed by atoms with Crippen LogP contribution in [0.1, 0.15) is 17.5 Å². The molecule has 0 fully saturated rings. The van der Waals surface area contributed by atoms with Crippen molar-refractivity contribution in [2.24, 2.45) is 5.16 Å². The summed E-state index contributed by atoms with van der Waals surface area (Å²) in [7, 11) is 0. The highest BCUT2D eigenvalue weighted by Crippen LogP contribution is 2.22. The lowest BCUT2D eigenvalue weighted by molar-refractivity contribution is 0.0727. The van der Waals surface area contributed by atoms with Crippen LogP contribution in [0.15, 0.2) is 69.0 Å². The lowest BCUT2D eigenvalue weighted by Crippen LogP contribution is -2.27. The Labute approximate surface area is 153 Å². The summed E-state index contributed by atoms with van der Waals surface area (Å²) in [5.41, 5.74) is 3.90. The standard InChI is InChI=1S/C20H17BrN2O2/c1-13-10-20(24)23(19-5-3-2-4-17(13)19)12-16-11-18(22-25-16)14-6-8-15(21)9-7-14/h2-10,16H,11-12H2,1H3/t16-/m1/s1. The molecule has 0 saturated heterocycles. The fourth-order valence-corrected chi connectivity index (χ4v) is 3.50. The van der Waals surface area contributed by atoms with Crippen LogP contribution in [0.2, 0.25) is 0 Å². The summed E-state index contributed by atoms with van der Waals surface area (Å²) in [5, 5.41) is 5.32. The molecule has 2 heterocycles. The summed E-state index contributed by atoms with van der Waals surface area (Å²) in [5.74, 6) is 0. The average Bonchev–Trinajstić information content (AvgIpc) is 3.08. The molecular weight excluding hydrogens is 380 g/mol. The highest BCUT2D eigenvalue weighted by Gasteiger charge is 2.23. The van der Waals surface area contributed by atoms with E-state index >= 15 is 0 Å². The van der Waals surface area contributed by atoms with Crippen LogP contribution in [0.25, 0.3) is 10.9 Å². The van der Waals surface area contributed by atoms with E-state index in [1.807, 2.05) is 55.5 Å². The van der Waals surface area contributed by atoms with Crippen LogP contribution in [0.4, 0.5) is 0 Å². The topological polar surface area (TPSA) is 43.6 Å². The summed E-state index contributed by atoms with van der Waals surface area (Å²) in [6.45, 7) is 2.46. The van der Waals surface area contributed by atoms with Crippen LogP contribution in [0.3, 0.4) is 0 Å². The molecule has 0 spiro atoms. The molecule has 126 valence electrons. The number of nitrogens with zero attached hydrogens (tertiary/aromatic N) is 2. The number of benzene rings is 2. The molecule has 3 aromatic rings. The summed E-state index contributed by atoms with van der Waals surface area (Å²) >= 11 is 3.44. The highest BCUT2D eigenvalue weighted by atomic mass is 79.9. The number of para-hydroxylation sites is 1. The molecule has 0 radical (unpaired) electrons. The van der Waals surface area contributed by atoms with Crippen LogP contribution in [0, 0.1) is 6.92 Å². The largest absolute Gasteiger partial charge is 0.390 e. The molecule has 0 unspecified atom stereocenters. The molecule has 0 N–H and O–H groups in total. The third-order valence-corrected chi connectivity index (χ3v) is 5.05. The molecule has 4 nitrogen and oxygen atoms in total. The van der Waals surface area contributed by atoms with Crippen LogP contribution < -0.4 is 5.56 Å². The lowest BCUT2D eigenvalue weighted by Gasteiger charge is -2.15. The van der Waals surface area contributed by atoms with Gasteiger partial charge in [-0.3, -0.25) is 4.79 Å². The van der Waals surface area contributed by atoms with Crippen molar-refractivity contribution in [1.29, 1.82) is 0 Å². The van der Waals surface area contributed by atoms with E-state index in [-0.39, 0.29) is 11.7 Å². The van der Waals surface area contributed by atoms with E-state index < -0.39 is 0 Å². The average molecular weight is 397 g/mol. The molecule has 1 aliphatic heterocycles. The van der Waals surface area contributed by atoms with E-state index in [9.17, 15) is 4.79 Å². The summed E-state index contributed by atoms with van der Waals surface area (Å²) in [6.07, 6.45) is 0.554.